The lowest BCUT2D eigenvalue weighted by molar-refractivity contribution is -0.127. The van der Waals surface area contributed by atoms with E-state index in [0.717, 1.165) is 23.3 Å². The minimum absolute atomic E-state index is 0.0657. The van der Waals surface area contributed by atoms with Gasteiger partial charge in [0.15, 0.2) is 5.78 Å². The number of hydrogen-bond donors (Lipinski definition) is 0. The van der Waals surface area contributed by atoms with E-state index >= 15 is 0 Å². The van der Waals surface area contributed by atoms with Gasteiger partial charge in [-0.15, -0.1) is 0 Å². The normalized spacial score (nSPS) is 11.9. The zero-order valence-electron chi connectivity index (χ0n) is 13.7. The van der Waals surface area contributed by atoms with Crippen LogP contribution in [0.2, 0.25) is 0 Å². The highest BCUT2D eigenvalue weighted by molar-refractivity contribution is 5.81. The summed E-state index contributed by atoms with van der Waals surface area (Å²) in [6.45, 7) is 4.93. The molecule has 0 bridgehead atoms. The molecule has 0 aliphatic carbocycles. The quantitative estimate of drug-likeness (QED) is 0.661. The van der Waals surface area contributed by atoms with Crippen LogP contribution < -0.4 is 4.74 Å². The average molecular weight is 313 g/mol. The Kier molecular flexibility index (Phi) is 6.76. The van der Waals surface area contributed by atoms with Crippen molar-refractivity contribution in [1.29, 1.82) is 0 Å². The van der Waals surface area contributed by atoms with Crippen molar-refractivity contribution < 1.29 is 14.3 Å². The summed E-state index contributed by atoms with van der Waals surface area (Å²) < 4.78 is 11.0. The first-order valence-corrected chi connectivity index (χ1v) is 7.94. The van der Waals surface area contributed by atoms with Crippen molar-refractivity contribution >= 4 is 5.78 Å². The molecule has 1 heterocycles. The van der Waals surface area contributed by atoms with Crippen LogP contribution in [0.5, 0.6) is 5.75 Å². The van der Waals surface area contributed by atoms with Crippen molar-refractivity contribution in [1.82, 2.24) is 4.98 Å². The van der Waals surface area contributed by atoms with E-state index in [4.69, 9.17) is 9.47 Å². The van der Waals surface area contributed by atoms with E-state index in [2.05, 4.69) is 4.98 Å². The molecular formula is C19H23NO3. The van der Waals surface area contributed by atoms with E-state index < -0.39 is 0 Å². The molecule has 4 heteroatoms. The zero-order valence-corrected chi connectivity index (χ0v) is 13.7. The molecule has 0 fully saturated rings. The summed E-state index contributed by atoms with van der Waals surface area (Å²) in [6, 6.07) is 11.8. The lowest BCUT2D eigenvalue weighted by atomic mass is 10.1. The maximum Gasteiger partial charge on any atom is 0.161 e. The van der Waals surface area contributed by atoms with Crippen molar-refractivity contribution in [3.8, 4) is 16.9 Å². The highest BCUT2D eigenvalue weighted by Crippen LogP contribution is 2.21. The van der Waals surface area contributed by atoms with Gasteiger partial charge < -0.3 is 9.47 Å². The Morgan fingerprint density at radius 3 is 2.57 bits per heavy atom. The molecular weight excluding hydrogens is 290 g/mol. The Labute approximate surface area is 137 Å². The topological polar surface area (TPSA) is 48.4 Å². The number of benzene rings is 1. The Bertz CT molecular complexity index is 596. The largest absolute Gasteiger partial charge is 0.491 e. The average Bonchev–Trinajstić information content (AvgIpc) is 2.61. The maximum atomic E-state index is 11.6. The van der Waals surface area contributed by atoms with E-state index in [1.165, 1.54) is 0 Å². The number of rotatable bonds is 9. The van der Waals surface area contributed by atoms with Gasteiger partial charge in [0, 0.05) is 18.3 Å². The third-order valence-electron chi connectivity index (χ3n) is 3.75. The van der Waals surface area contributed by atoms with E-state index in [1.54, 1.807) is 6.20 Å². The fraction of sp³-hybridized carbons (Fsp3) is 0.368. The first kappa shape index (κ1) is 17.2. The summed E-state index contributed by atoms with van der Waals surface area (Å²) in [5, 5.41) is 0. The molecule has 0 amide bonds. The summed E-state index contributed by atoms with van der Waals surface area (Å²) >= 11 is 0. The molecule has 122 valence electrons. The fourth-order valence-electron chi connectivity index (χ4n) is 2.04. The molecule has 0 aliphatic rings. The van der Waals surface area contributed by atoms with E-state index in [0.29, 0.717) is 13.2 Å². The van der Waals surface area contributed by atoms with Crippen LogP contribution in [0.15, 0.2) is 48.8 Å². The molecule has 2 rings (SSSR count). The maximum absolute atomic E-state index is 11.6. The molecule has 0 aliphatic heterocycles. The van der Waals surface area contributed by atoms with Crippen molar-refractivity contribution in [2.75, 3.05) is 19.8 Å². The molecule has 23 heavy (non-hydrogen) atoms. The van der Waals surface area contributed by atoms with Gasteiger partial charge in [-0.05, 0) is 35.7 Å². The second-order valence-electron chi connectivity index (χ2n) is 5.44. The van der Waals surface area contributed by atoms with Crippen LogP contribution in [0, 0.1) is 5.92 Å². The number of hydrogen-bond acceptors (Lipinski definition) is 4. The standard InChI is InChI=1S/C19H23NO3/c1-3-15(2)19(21)14-22-11-12-23-18-8-6-16(7-9-18)17-5-4-10-20-13-17/h4-10,13,15H,3,11-12,14H2,1-2H3. The first-order chi connectivity index (χ1) is 11.2. The third kappa shape index (κ3) is 5.49. The van der Waals surface area contributed by atoms with Crippen LogP contribution in [0.25, 0.3) is 11.1 Å². The predicted octanol–water partition coefficient (Wildman–Crippen LogP) is 3.76. The SMILES string of the molecule is CCC(C)C(=O)COCCOc1ccc(-c2cccnc2)cc1. The summed E-state index contributed by atoms with van der Waals surface area (Å²) in [7, 11) is 0. The van der Waals surface area contributed by atoms with Gasteiger partial charge >= 0.3 is 0 Å². The molecule has 0 spiro atoms. The van der Waals surface area contributed by atoms with Crippen LogP contribution in [-0.2, 0) is 9.53 Å². The summed E-state index contributed by atoms with van der Waals surface area (Å²) in [6.07, 6.45) is 4.44. The number of pyridine rings is 1. The molecule has 0 radical (unpaired) electrons. The lowest BCUT2D eigenvalue weighted by Crippen LogP contribution is -2.18. The van der Waals surface area contributed by atoms with E-state index in [-0.39, 0.29) is 18.3 Å². The van der Waals surface area contributed by atoms with Crippen LogP contribution >= 0.6 is 0 Å². The molecule has 0 saturated carbocycles. The molecule has 1 atom stereocenters. The third-order valence-corrected chi connectivity index (χ3v) is 3.75. The molecule has 1 aromatic heterocycles. The second kappa shape index (κ2) is 9.06. The van der Waals surface area contributed by atoms with Gasteiger partial charge in [-0.1, -0.05) is 32.0 Å². The van der Waals surface area contributed by atoms with Crippen LogP contribution in [0.3, 0.4) is 0 Å². The predicted molar refractivity (Wildman–Crippen MR) is 90.4 cm³/mol. The highest BCUT2D eigenvalue weighted by atomic mass is 16.5. The lowest BCUT2D eigenvalue weighted by Gasteiger charge is -2.09. The summed E-state index contributed by atoms with van der Waals surface area (Å²) in [5.41, 5.74) is 2.17. The smallest absolute Gasteiger partial charge is 0.161 e. The molecule has 0 saturated heterocycles. The number of nitrogens with zero attached hydrogens (tertiary/aromatic N) is 1. The van der Waals surface area contributed by atoms with Crippen LogP contribution in [0.1, 0.15) is 20.3 Å². The Balaban J connectivity index is 1.72. The fourth-order valence-corrected chi connectivity index (χ4v) is 2.04. The summed E-state index contributed by atoms with van der Waals surface area (Å²) in [4.78, 5) is 15.7. The van der Waals surface area contributed by atoms with Crippen molar-refractivity contribution in [2.45, 2.75) is 20.3 Å². The second-order valence-corrected chi connectivity index (χ2v) is 5.44. The van der Waals surface area contributed by atoms with Gasteiger partial charge in [0.2, 0.25) is 0 Å². The highest BCUT2D eigenvalue weighted by Gasteiger charge is 2.10. The molecule has 2 aromatic rings. The molecule has 0 N–H and O–H groups in total. The number of aromatic nitrogens is 1. The van der Waals surface area contributed by atoms with E-state index in [1.807, 2.05) is 56.4 Å². The van der Waals surface area contributed by atoms with Gasteiger partial charge in [0.25, 0.3) is 0 Å². The van der Waals surface area contributed by atoms with Gasteiger partial charge in [-0.25, -0.2) is 0 Å². The van der Waals surface area contributed by atoms with Crippen LogP contribution in [0.4, 0.5) is 0 Å². The minimum Gasteiger partial charge on any atom is -0.491 e. The number of carbonyl (C=O) groups is 1. The Morgan fingerprint density at radius 2 is 1.91 bits per heavy atom. The minimum atomic E-state index is 0.0657. The van der Waals surface area contributed by atoms with Crippen molar-refractivity contribution in [3.05, 3.63) is 48.8 Å². The first-order valence-electron chi connectivity index (χ1n) is 7.94. The van der Waals surface area contributed by atoms with Gasteiger partial charge in [0.1, 0.15) is 19.0 Å². The number of ketones is 1. The van der Waals surface area contributed by atoms with Gasteiger partial charge in [0.05, 0.1) is 6.61 Å². The van der Waals surface area contributed by atoms with Gasteiger partial charge in [-0.3, -0.25) is 9.78 Å². The van der Waals surface area contributed by atoms with Crippen molar-refractivity contribution in [3.63, 3.8) is 0 Å². The molecule has 1 unspecified atom stereocenters. The van der Waals surface area contributed by atoms with Crippen molar-refractivity contribution in [2.24, 2.45) is 5.92 Å². The Morgan fingerprint density at radius 1 is 1.13 bits per heavy atom. The number of Topliss-reactive ketones (excluding diaryl/α,β-unsaturated/α-hetero) is 1. The Hall–Kier alpha value is -2.20. The van der Waals surface area contributed by atoms with Crippen LogP contribution in [-0.4, -0.2) is 30.6 Å². The van der Waals surface area contributed by atoms with Gasteiger partial charge in [-0.2, -0.15) is 0 Å². The monoisotopic (exact) mass is 313 g/mol. The van der Waals surface area contributed by atoms with E-state index in [9.17, 15) is 4.79 Å². The summed E-state index contributed by atoms with van der Waals surface area (Å²) in [5.74, 6) is 0.999. The molecule has 1 aromatic carbocycles. The molecule has 4 nitrogen and oxygen atoms in total. The zero-order chi connectivity index (χ0) is 16.5. The number of carbonyl (C=O) groups excluding carboxylic acids is 1. The number of ether oxygens (including phenoxy) is 2.